The number of Topliss-reactive ketones (excluding diaryl/α,β-unsaturated/α-hetero) is 1. The van der Waals surface area contributed by atoms with Gasteiger partial charge in [-0.2, -0.15) is 5.26 Å². The molecule has 134 valence electrons. The lowest BCUT2D eigenvalue weighted by atomic mass is 9.91. The van der Waals surface area contributed by atoms with Crippen LogP contribution in [0.5, 0.6) is 11.5 Å². The number of nitrogens with zero attached hydrogens (tertiary/aromatic N) is 2. The topological polar surface area (TPSA) is 135 Å². The summed E-state index contributed by atoms with van der Waals surface area (Å²) in [4.78, 5) is 38.1. The van der Waals surface area contributed by atoms with Crippen molar-refractivity contribution in [2.45, 2.75) is 12.5 Å². The SMILES string of the molecule is C=C(N)[C@H](C#N)C(=O)CN1C(=O)N[C@@](C)(c2ccc3c(c2)OCO3)C1=O. The standard InChI is InChI=1S/C17H16N4O5/c1-9(19)11(6-18)12(22)7-21-15(23)17(2,20-16(21)24)10-3-4-13-14(5-10)26-8-25-13/h3-5,11H,1,7-8,19H2,2H3,(H,20,24)/t11-,17-/m0/s1. The van der Waals surface area contributed by atoms with Crippen molar-refractivity contribution >= 4 is 17.7 Å². The van der Waals surface area contributed by atoms with Gasteiger partial charge in [0.15, 0.2) is 17.3 Å². The molecule has 0 bridgehead atoms. The molecule has 3 rings (SSSR count). The Morgan fingerprint density at radius 2 is 2.15 bits per heavy atom. The number of nitriles is 1. The van der Waals surface area contributed by atoms with Crippen molar-refractivity contribution in [2.24, 2.45) is 11.7 Å². The number of benzene rings is 1. The van der Waals surface area contributed by atoms with E-state index in [-0.39, 0.29) is 12.5 Å². The molecule has 1 saturated heterocycles. The summed E-state index contributed by atoms with van der Waals surface area (Å²) < 4.78 is 10.5. The first-order valence-corrected chi connectivity index (χ1v) is 7.68. The molecule has 3 amide bonds. The predicted octanol–water partition coefficient (Wildman–Crippen LogP) is 0.364. The molecule has 2 atom stereocenters. The molecule has 3 N–H and O–H groups in total. The Morgan fingerprint density at radius 3 is 2.81 bits per heavy atom. The van der Waals surface area contributed by atoms with Gasteiger partial charge in [0.1, 0.15) is 11.5 Å². The van der Waals surface area contributed by atoms with Gasteiger partial charge in [-0.1, -0.05) is 12.6 Å². The van der Waals surface area contributed by atoms with E-state index in [1.807, 2.05) is 0 Å². The number of ketones is 1. The van der Waals surface area contributed by atoms with E-state index in [2.05, 4.69) is 11.9 Å². The summed E-state index contributed by atoms with van der Waals surface area (Å²) in [5.74, 6) is -1.58. The van der Waals surface area contributed by atoms with Gasteiger partial charge in [0.25, 0.3) is 5.91 Å². The molecule has 0 aromatic heterocycles. The molecule has 1 fully saturated rings. The van der Waals surface area contributed by atoms with Crippen molar-refractivity contribution in [3.63, 3.8) is 0 Å². The molecule has 1 aromatic rings. The van der Waals surface area contributed by atoms with Crippen molar-refractivity contribution in [3.8, 4) is 17.6 Å². The van der Waals surface area contributed by atoms with Crippen LogP contribution < -0.4 is 20.5 Å². The van der Waals surface area contributed by atoms with Crippen LogP contribution in [0.1, 0.15) is 12.5 Å². The molecule has 0 spiro atoms. The maximum absolute atomic E-state index is 12.8. The van der Waals surface area contributed by atoms with E-state index in [1.165, 1.54) is 6.92 Å². The number of nitrogens with two attached hydrogens (primary N) is 1. The number of hydrogen-bond acceptors (Lipinski definition) is 7. The molecule has 0 radical (unpaired) electrons. The number of ether oxygens (including phenoxy) is 2. The second-order valence-electron chi connectivity index (χ2n) is 6.12. The second kappa shape index (κ2) is 6.07. The van der Waals surface area contributed by atoms with Gasteiger partial charge in [0, 0.05) is 5.70 Å². The van der Waals surface area contributed by atoms with Crippen molar-refractivity contribution in [1.82, 2.24) is 10.2 Å². The van der Waals surface area contributed by atoms with Gasteiger partial charge in [-0.3, -0.25) is 14.5 Å². The van der Waals surface area contributed by atoms with Gasteiger partial charge in [-0.05, 0) is 24.6 Å². The van der Waals surface area contributed by atoms with E-state index in [1.54, 1.807) is 24.3 Å². The molecular formula is C17H16N4O5. The van der Waals surface area contributed by atoms with Crippen LogP contribution in [0.3, 0.4) is 0 Å². The number of hydrogen-bond donors (Lipinski definition) is 2. The zero-order valence-electron chi connectivity index (χ0n) is 13.9. The van der Waals surface area contributed by atoms with E-state index in [0.29, 0.717) is 17.1 Å². The number of imide groups is 1. The minimum absolute atomic E-state index is 0.0783. The third kappa shape index (κ3) is 2.61. The van der Waals surface area contributed by atoms with Crippen LogP contribution in [-0.4, -0.2) is 36.0 Å². The number of urea groups is 1. The van der Waals surface area contributed by atoms with Gasteiger partial charge in [-0.25, -0.2) is 4.79 Å². The smallest absolute Gasteiger partial charge is 0.325 e. The zero-order chi connectivity index (χ0) is 19.1. The summed E-state index contributed by atoms with van der Waals surface area (Å²) in [6.45, 7) is 4.41. The van der Waals surface area contributed by atoms with Crippen molar-refractivity contribution in [3.05, 3.63) is 36.0 Å². The summed E-state index contributed by atoms with van der Waals surface area (Å²) >= 11 is 0. The summed E-state index contributed by atoms with van der Waals surface area (Å²) in [5.41, 5.74) is 4.39. The summed E-state index contributed by atoms with van der Waals surface area (Å²) in [6.07, 6.45) is 0. The molecule has 0 saturated carbocycles. The molecule has 2 aliphatic rings. The van der Waals surface area contributed by atoms with Crippen LogP contribution in [-0.2, 0) is 15.1 Å². The molecule has 9 heteroatoms. The fourth-order valence-electron chi connectivity index (χ4n) is 2.85. The Balaban J connectivity index is 1.85. The average molecular weight is 356 g/mol. The van der Waals surface area contributed by atoms with Crippen LogP contribution in [0.15, 0.2) is 30.5 Å². The normalized spacial score (nSPS) is 21.9. The van der Waals surface area contributed by atoms with E-state index in [0.717, 1.165) is 4.90 Å². The first-order valence-electron chi connectivity index (χ1n) is 7.68. The van der Waals surface area contributed by atoms with Crippen molar-refractivity contribution in [2.75, 3.05) is 13.3 Å². The highest BCUT2D eigenvalue weighted by Crippen LogP contribution is 2.37. The lowest BCUT2D eigenvalue weighted by Crippen LogP contribution is -2.42. The number of amides is 3. The largest absolute Gasteiger partial charge is 0.454 e. The Kier molecular flexibility index (Phi) is 4.04. The van der Waals surface area contributed by atoms with E-state index in [9.17, 15) is 14.4 Å². The summed E-state index contributed by atoms with van der Waals surface area (Å²) in [6, 6.07) is 5.86. The Labute approximate surface area is 148 Å². The van der Waals surface area contributed by atoms with Crippen LogP contribution in [0.4, 0.5) is 4.79 Å². The lowest BCUT2D eigenvalue weighted by molar-refractivity contribution is -0.134. The number of carbonyl (C=O) groups is 3. The fraction of sp³-hybridized carbons (Fsp3) is 0.294. The quantitative estimate of drug-likeness (QED) is 0.727. The van der Waals surface area contributed by atoms with Crippen LogP contribution in [0.2, 0.25) is 0 Å². The molecule has 26 heavy (non-hydrogen) atoms. The average Bonchev–Trinajstić information content (AvgIpc) is 3.13. The maximum Gasteiger partial charge on any atom is 0.325 e. The highest BCUT2D eigenvalue weighted by Gasteiger charge is 2.50. The van der Waals surface area contributed by atoms with Crippen LogP contribution >= 0.6 is 0 Å². The first-order chi connectivity index (χ1) is 12.3. The summed E-state index contributed by atoms with van der Waals surface area (Å²) in [7, 11) is 0. The summed E-state index contributed by atoms with van der Waals surface area (Å²) in [5, 5.41) is 11.6. The van der Waals surface area contributed by atoms with E-state index >= 15 is 0 Å². The molecule has 2 heterocycles. The van der Waals surface area contributed by atoms with Gasteiger partial charge < -0.3 is 20.5 Å². The Bertz CT molecular complexity index is 874. The monoisotopic (exact) mass is 356 g/mol. The molecule has 9 nitrogen and oxygen atoms in total. The van der Waals surface area contributed by atoms with Crippen LogP contribution in [0.25, 0.3) is 0 Å². The molecule has 1 aromatic carbocycles. The Morgan fingerprint density at radius 1 is 1.46 bits per heavy atom. The van der Waals surface area contributed by atoms with Gasteiger partial charge in [0.2, 0.25) is 6.79 Å². The number of fused-ring (bicyclic) bond motifs is 1. The number of rotatable bonds is 5. The van der Waals surface area contributed by atoms with Crippen LogP contribution in [0, 0.1) is 17.2 Å². The highest BCUT2D eigenvalue weighted by atomic mass is 16.7. The van der Waals surface area contributed by atoms with E-state index in [4.69, 9.17) is 20.5 Å². The van der Waals surface area contributed by atoms with E-state index < -0.39 is 35.7 Å². The highest BCUT2D eigenvalue weighted by molar-refractivity contribution is 6.09. The van der Waals surface area contributed by atoms with Gasteiger partial charge in [0.05, 0.1) is 12.6 Å². The number of carbonyl (C=O) groups excluding carboxylic acids is 3. The third-order valence-electron chi connectivity index (χ3n) is 4.36. The Hall–Kier alpha value is -3.54. The minimum Gasteiger partial charge on any atom is -0.454 e. The van der Waals surface area contributed by atoms with Crippen molar-refractivity contribution < 1.29 is 23.9 Å². The zero-order valence-corrected chi connectivity index (χ0v) is 13.9. The third-order valence-corrected chi connectivity index (χ3v) is 4.36. The predicted molar refractivity (Wildman–Crippen MR) is 87.6 cm³/mol. The van der Waals surface area contributed by atoms with Gasteiger partial charge in [-0.15, -0.1) is 0 Å². The van der Waals surface area contributed by atoms with Gasteiger partial charge >= 0.3 is 6.03 Å². The maximum atomic E-state index is 12.8. The molecule has 2 aliphatic heterocycles. The molecular weight excluding hydrogens is 340 g/mol. The minimum atomic E-state index is -1.37. The number of nitrogens with one attached hydrogen (secondary N) is 1. The van der Waals surface area contributed by atoms with Crippen molar-refractivity contribution in [1.29, 1.82) is 5.26 Å². The molecule has 0 aliphatic carbocycles. The number of allylic oxidation sites excluding steroid dienone is 1. The molecule has 0 unspecified atom stereocenters. The fourth-order valence-corrected chi connectivity index (χ4v) is 2.85. The second-order valence-corrected chi connectivity index (χ2v) is 6.12. The lowest BCUT2D eigenvalue weighted by Gasteiger charge is -2.22. The first kappa shape index (κ1) is 17.3.